The molecule has 126 valence electrons. The van der Waals surface area contributed by atoms with Crippen LogP contribution in [0.15, 0.2) is 40.9 Å². The van der Waals surface area contributed by atoms with Gasteiger partial charge in [0.1, 0.15) is 5.82 Å². The molecule has 1 N–H and O–H groups in total. The second-order valence-corrected chi connectivity index (χ2v) is 5.68. The Balaban J connectivity index is 0.00000121. The van der Waals surface area contributed by atoms with Crippen molar-refractivity contribution < 1.29 is 7.27 Å². The Morgan fingerprint density at radius 3 is 2.62 bits per heavy atom. The summed E-state index contributed by atoms with van der Waals surface area (Å²) in [5, 5.41) is 11.6. The molecule has 1 fully saturated rings. The molecule has 7 nitrogen and oxygen atoms in total. The van der Waals surface area contributed by atoms with Gasteiger partial charge in [-0.3, -0.25) is 4.98 Å². The Hall–Kier alpha value is -2.80. The fourth-order valence-corrected chi connectivity index (χ4v) is 2.71. The zero-order valence-electron chi connectivity index (χ0n) is 13.4. The van der Waals surface area contributed by atoms with Crippen molar-refractivity contribution in [1.29, 1.82) is 0 Å². The number of benzene rings is 1. The van der Waals surface area contributed by atoms with Crippen molar-refractivity contribution in [3.8, 4) is 23.0 Å². The quantitative estimate of drug-likeness (QED) is 0.791. The van der Waals surface area contributed by atoms with Crippen molar-refractivity contribution >= 4 is 5.82 Å². The molecule has 0 atom stereocenters. The summed E-state index contributed by atoms with van der Waals surface area (Å²) in [5.41, 5.74) is 2.30. The molecule has 0 unspecified atom stereocenters. The summed E-state index contributed by atoms with van der Waals surface area (Å²) in [6.45, 7) is 5.62. The molecule has 0 amide bonds. The van der Waals surface area contributed by atoms with E-state index in [0.717, 1.165) is 43.3 Å². The zero-order chi connectivity index (χ0) is 16.4. The molecule has 3 aromatic rings. The highest BCUT2D eigenvalue weighted by atomic mass is 16.4. The number of aryl methyl sites for hydroxylation is 1. The van der Waals surface area contributed by atoms with E-state index < -0.39 is 0 Å². The number of anilines is 1. The van der Waals surface area contributed by atoms with Gasteiger partial charge < -0.3 is 14.6 Å². The number of rotatable bonds is 3. The maximum atomic E-state index is 5.82. The lowest BCUT2D eigenvalue weighted by Gasteiger charge is -2.28. The highest BCUT2D eigenvalue weighted by Gasteiger charge is 2.18. The van der Waals surface area contributed by atoms with E-state index in [-0.39, 0.29) is 2.85 Å². The van der Waals surface area contributed by atoms with Crippen LogP contribution in [0.2, 0.25) is 0 Å². The second kappa shape index (κ2) is 6.37. The summed E-state index contributed by atoms with van der Waals surface area (Å²) in [6, 6.07) is 9.71. The van der Waals surface area contributed by atoms with Crippen LogP contribution in [0.3, 0.4) is 0 Å². The first-order valence-electron chi connectivity index (χ1n) is 8.00. The molecule has 1 aliphatic rings. The van der Waals surface area contributed by atoms with Crippen LogP contribution in [0.1, 0.15) is 8.55 Å². The fraction of sp³-hybridized carbons (Fsp3) is 0.294. The number of hydrogen-bond donors (Lipinski definition) is 1. The minimum Gasteiger partial charge on any atom is -0.415 e. The molecule has 24 heavy (non-hydrogen) atoms. The molecule has 1 saturated heterocycles. The summed E-state index contributed by atoms with van der Waals surface area (Å²) in [7, 11) is 0. The van der Waals surface area contributed by atoms with Gasteiger partial charge in [-0.2, -0.15) is 0 Å². The van der Waals surface area contributed by atoms with Gasteiger partial charge in [0.25, 0.3) is 5.89 Å². The van der Waals surface area contributed by atoms with Crippen molar-refractivity contribution in [2.24, 2.45) is 0 Å². The number of hydrogen-bond acceptors (Lipinski definition) is 7. The van der Waals surface area contributed by atoms with Crippen molar-refractivity contribution in [2.45, 2.75) is 6.92 Å². The van der Waals surface area contributed by atoms with Crippen molar-refractivity contribution in [1.82, 2.24) is 25.5 Å². The number of nitrogens with one attached hydrogen (secondary N) is 1. The van der Waals surface area contributed by atoms with Gasteiger partial charge in [-0.15, -0.1) is 10.2 Å². The first kappa shape index (κ1) is 14.8. The fourth-order valence-electron chi connectivity index (χ4n) is 2.71. The van der Waals surface area contributed by atoms with Crippen LogP contribution >= 0.6 is 0 Å². The predicted octanol–water partition coefficient (Wildman–Crippen LogP) is 2.40. The lowest BCUT2D eigenvalue weighted by atomic mass is 10.2. The standard InChI is InChI=1S/C17H18N6O.2H2/c1-12-15(20-14(11-19-12)23-9-7-18-8-10-23)17-22-21-16(24-17)13-5-3-2-4-6-13;;/h2-6,11,18H,7-10H2,1H3;2*1H. The van der Waals surface area contributed by atoms with E-state index in [4.69, 9.17) is 9.40 Å². The summed E-state index contributed by atoms with van der Waals surface area (Å²) in [5.74, 6) is 1.73. The Kier molecular flexibility index (Phi) is 3.92. The maximum Gasteiger partial charge on any atom is 0.268 e. The second-order valence-electron chi connectivity index (χ2n) is 5.68. The molecule has 0 radical (unpaired) electrons. The largest absolute Gasteiger partial charge is 0.415 e. The smallest absolute Gasteiger partial charge is 0.268 e. The summed E-state index contributed by atoms with van der Waals surface area (Å²) in [6.07, 6.45) is 1.80. The van der Waals surface area contributed by atoms with E-state index in [9.17, 15) is 0 Å². The lowest BCUT2D eigenvalue weighted by Crippen LogP contribution is -2.44. The first-order valence-corrected chi connectivity index (χ1v) is 8.00. The third-order valence-corrected chi connectivity index (χ3v) is 4.03. The number of aromatic nitrogens is 4. The van der Waals surface area contributed by atoms with Crippen molar-refractivity contribution in [3.63, 3.8) is 0 Å². The van der Waals surface area contributed by atoms with Crippen molar-refractivity contribution in [2.75, 3.05) is 31.1 Å². The Labute approximate surface area is 142 Å². The average molecular weight is 326 g/mol. The van der Waals surface area contributed by atoms with E-state index in [2.05, 4.69) is 25.4 Å². The first-order chi connectivity index (χ1) is 11.8. The molecule has 2 aromatic heterocycles. The normalized spacial score (nSPS) is 14.8. The number of piperazine rings is 1. The van der Waals surface area contributed by atoms with Gasteiger partial charge in [-0.1, -0.05) is 18.2 Å². The van der Waals surface area contributed by atoms with Crippen LogP contribution in [-0.4, -0.2) is 46.3 Å². The molecule has 4 rings (SSSR count). The van der Waals surface area contributed by atoms with Crippen LogP contribution in [0, 0.1) is 6.92 Å². The molecule has 0 spiro atoms. The summed E-state index contributed by atoms with van der Waals surface area (Å²) < 4.78 is 5.82. The monoisotopic (exact) mass is 326 g/mol. The van der Waals surface area contributed by atoms with Gasteiger partial charge in [0, 0.05) is 34.6 Å². The third kappa shape index (κ3) is 2.85. The summed E-state index contributed by atoms with van der Waals surface area (Å²) >= 11 is 0. The zero-order valence-corrected chi connectivity index (χ0v) is 13.4. The Morgan fingerprint density at radius 1 is 1.08 bits per heavy atom. The van der Waals surface area contributed by atoms with E-state index in [0.29, 0.717) is 17.5 Å². The van der Waals surface area contributed by atoms with Crippen LogP contribution in [-0.2, 0) is 0 Å². The lowest BCUT2D eigenvalue weighted by molar-refractivity contribution is 0.575. The number of nitrogens with zero attached hydrogens (tertiary/aromatic N) is 5. The van der Waals surface area contributed by atoms with Gasteiger partial charge in [0.2, 0.25) is 5.89 Å². The van der Waals surface area contributed by atoms with Crippen LogP contribution < -0.4 is 10.2 Å². The molecule has 0 aliphatic carbocycles. The Morgan fingerprint density at radius 2 is 1.83 bits per heavy atom. The van der Waals surface area contributed by atoms with E-state index in [1.54, 1.807) is 6.20 Å². The molecule has 1 aromatic carbocycles. The predicted molar refractivity (Wildman–Crippen MR) is 94.8 cm³/mol. The molecule has 7 heteroatoms. The van der Waals surface area contributed by atoms with Gasteiger partial charge in [0.15, 0.2) is 5.69 Å². The molecule has 0 bridgehead atoms. The van der Waals surface area contributed by atoms with Gasteiger partial charge in [-0.25, -0.2) is 4.98 Å². The molecule has 1 aliphatic heterocycles. The van der Waals surface area contributed by atoms with E-state index >= 15 is 0 Å². The summed E-state index contributed by atoms with van der Waals surface area (Å²) in [4.78, 5) is 11.4. The van der Waals surface area contributed by atoms with E-state index in [1.807, 2.05) is 37.3 Å². The molecular formula is C17H22N6O. The highest BCUT2D eigenvalue weighted by Crippen LogP contribution is 2.25. The maximum absolute atomic E-state index is 5.82. The topological polar surface area (TPSA) is 80.0 Å². The van der Waals surface area contributed by atoms with Crippen molar-refractivity contribution in [3.05, 3.63) is 42.2 Å². The molecule has 3 heterocycles. The average Bonchev–Trinajstić information content (AvgIpc) is 3.13. The van der Waals surface area contributed by atoms with E-state index in [1.165, 1.54) is 0 Å². The SMILES string of the molecule is Cc1ncc(N2CCNCC2)nc1-c1nnc(-c2ccccc2)o1.[HH].[HH]. The minimum absolute atomic E-state index is 0. The molecule has 0 saturated carbocycles. The minimum atomic E-state index is 0. The Bertz CT molecular complexity index is 836. The van der Waals surface area contributed by atoms with Gasteiger partial charge >= 0.3 is 0 Å². The highest BCUT2D eigenvalue weighted by molar-refractivity contribution is 5.58. The third-order valence-electron chi connectivity index (χ3n) is 4.03. The van der Waals surface area contributed by atoms with Crippen LogP contribution in [0.4, 0.5) is 5.82 Å². The van der Waals surface area contributed by atoms with Gasteiger partial charge in [0.05, 0.1) is 11.9 Å². The van der Waals surface area contributed by atoms with Gasteiger partial charge in [-0.05, 0) is 19.1 Å². The van der Waals surface area contributed by atoms with Crippen LogP contribution in [0.25, 0.3) is 23.0 Å². The van der Waals surface area contributed by atoms with Crippen LogP contribution in [0.5, 0.6) is 0 Å². The molecular weight excluding hydrogens is 304 g/mol.